The zero-order chi connectivity index (χ0) is 11.9. The summed E-state index contributed by atoms with van der Waals surface area (Å²) in [6.07, 6.45) is 3.45. The fourth-order valence-corrected chi connectivity index (χ4v) is 2.78. The molecule has 1 unspecified atom stereocenters. The van der Waals surface area contributed by atoms with Gasteiger partial charge in [-0.3, -0.25) is 0 Å². The van der Waals surface area contributed by atoms with Crippen molar-refractivity contribution in [3.8, 4) is 0 Å². The molecule has 0 saturated carbocycles. The summed E-state index contributed by atoms with van der Waals surface area (Å²) in [4.78, 5) is 1.47. The highest BCUT2D eigenvalue weighted by atomic mass is 32.1. The third kappa shape index (κ3) is 3.99. The second kappa shape index (κ2) is 6.58. The second-order valence-corrected chi connectivity index (χ2v) is 5.44. The fraction of sp³-hybridized carbons (Fsp3) is 0.333. The smallest absolute Gasteiger partial charge is 0.00453 e. The van der Waals surface area contributed by atoms with Gasteiger partial charge in [-0.15, -0.1) is 11.3 Å². The van der Waals surface area contributed by atoms with Gasteiger partial charge in [-0.1, -0.05) is 36.4 Å². The molecule has 0 spiro atoms. The van der Waals surface area contributed by atoms with Crippen molar-refractivity contribution < 1.29 is 0 Å². The third-order valence-electron chi connectivity index (χ3n) is 3.08. The maximum Gasteiger partial charge on any atom is 0.00453 e. The minimum atomic E-state index is 0.597. The molecule has 2 aromatic rings. The van der Waals surface area contributed by atoms with E-state index in [2.05, 4.69) is 47.8 Å². The Morgan fingerprint density at radius 3 is 2.53 bits per heavy atom. The molecule has 0 aliphatic heterocycles. The van der Waals surface area contributed by atoms with Crippen LogP contribution in [0.15, 0.2) is 47.8 Å². The molecule has 0 amide bonds. The van der Waals surface area contributed by atoms with E-state index in [0.717, 1.165) is 19.4 Å². The average Bonchev–Trinajstić information content (AvgIpc) is 2.89. The quantitative estimate of drug-likeness (QED) is 0.828. The molecule has 2 heteroatoms. The van der Waals surface area contributed by atoms with Crippen molar-refractivity contribution in [2.24, 2.45) is 11.7 Å². The lowest BCUT2D eigenvalue weighted by molar-refractivity contribution is 0.496. The van der Waals surface area contributed by atoms with Gasteiger partial charge in [0.25, 0.3) is 0 Å². The van der Waals surface area contributed by atoms with E-state index < -0.39 is 0 Å². The van der Waals surface area contributed by atoms with E-state index in [1.807, 2.05) is 11.3 Å². The molecule has 90 valence electrons. The molecule has 0 saturated heterocycles. The Labute approximate surface area is 107 Å². The van der Waals surface area contributed by atoms with E-state index in [1.54, 1.807) is 0 Å². The standard InChI is InChI=1S/C15H19NS/c16-12-14(8-9-15-7-4-10-17-15)11-13-5-2-1-3-6-13/h1-7,10,14H,8-9,11-12,16H2. The van der Waals surface area contributed by atoms with Gasteiger partial charge in [0, 0.05) is 4.88 Å². The Balaban J connectivity index is 1.85. The number of nitrogens with two attached hydrogens (primary N) is 1. The molecule has 0 bridgehead atoms. The van der Waals surface area contributed by atoms with E-state index >= 15 is 0 Å². The number of rotatable bonds is 6. The van der Waals surface area contributed by atoms with Crippen LogP contribution in [-0.2, 0) is 12.8 Å². The molecule has 1 heterocycles. The molecular formula is C15H19NS. The Kier molecular flexibility index (Phi) is 4.77. The van der Waals surface area contributed by atoms with Crippen LogP contribution in [0.2, 0.25) is 0 Å². The van der Waals surface area contributed by atoms with Gasteiger partial charge in [-0.05, 0) is 48.7 Å². The topological polar surface area (TPSA) is 26.0 Å². The molecule has 0 radical (unpaired) electrons. The van der Waals surface area contributed by atoms with Crippen molar-refractivity contribution in [2.45, 2.75) is 19.3 Å². The van der Waals surface area contributed by atoms with E-state index in [1.165, 1.54) is 16.9 Å². The van der Waals surface area contributed by atoms with Gasteiger partial charge in [0.15, 0.2) is 0 Å². The summed E-state index contributed by atoms with van der Waals surface area (Å²) in [7, 11) is 0. The van der Waals surface area contributed by atoms with E-state index in [-0.39, 0.29) is 0 Å². The van der Waals surface area contributed by atoms with Crippen LogP contribution in [0.1, 0.15) is 16.9 Å². The normalized spacial score (nSPS) is 12.5. The summed E-state index contributed by atoms with van der Waals surface area (Å²) in [5.41, 5.74) is 7.26. The van der Waals surface area contributed by atoms with Crippen molar-refractivity contribution in [3.05, 3.63) is 58.3 Å². The first-order valence-corrected chi connectivity index (χ1v) is 7.03. The van der Waals surface area contributed by atoms with Crippen LogP contribution in [0, 0.1) is 5.92 Å². The van der Waals surface area contributed by atoms with Gasteiger partial charge in [0.05, 0.1) is 0 Å². The number of hydrogen-bond acceptors (Lipinski definition) is 2. The van der Waals surface area contributed by atoms with Gasteiger partial charge in [0.2, 0.25) is 0 Å². The van der Waals surface area contributed by atoms with Gasteiger partial charge in [0.1, 0.15) is 0 Å². The highest BCUT2D eigenvalue weighted by Crippen LogP contribution is 2.17. The van der Waals surface area contributed by atoms with Gasteiger partial charge >= 0.3 is 0 Å². The van der Waals surface area contributed by atoms with Crippen molar-refractivity contribution in [2.75, 3.05) is 6.54 Å². The van der Waals surface area contributed by atoms with Crippen LogP contribution >= 0.6 is 11.3 Å². The van der Waals surface area contributed by atoms with Crippen LogP contribution in [0.25, 0.3) is 0 Å². The van der Waals surface area contributed by atoms with E-state index in [4.69, 9.17) is 5.73 Å². The van der Waals surface area contributed by atoms with Gasteiger partial charge in [-0.25, -0.2) is 0 Å². The molecule has 2 rings (SSSR count). The predicted octanol–water partition coefficient (Wildman–Crippen LogP) is 3.50. The Hall–Kier alpha value is -1.12. The largest absolute Gasteiger partial charge is 0.330 e. The number of benzene rings is 1. The average molecular weight is 245 g/mol. The predicted molar refractivity (Wildman–Crippen MR) is 75.3 cm³/mol. The molecule has 0 fully saturated rings. The zero-order valence-corrected chi connectivity index (χ0v) is 10.8. The Morgan fingerprint density at radius 1 is 1.06 bits per heavy atom. The second-order valence-electron chi connectivity index (χ2n) is 4.41. The lowest BCUT2D eigenvalue weighted by atomic mass is 9.94. The molecular weight excluding hydrogens is 226 g/mol. The van der Waals surface area contributed by atoms with Crippen LogP contribution in [0.5, 0.6) is 0 Å². The fourth-order valence-electron chi connectivity index (χ4n) is 2.05. The summed E-state index contributed by atoms with van der Waals surface area (Å²) >= 11 is 1.84. The lowest BCUT2D eigenvalue weighted by Crippen LogP contribution is -2.17. The lowest BCUT2D eigenvalue weighted by Gasteiger charge is -2.14. The number of hydrogen-bond donors (Lipinski definition) is 1. The van der Waals surface area contributed by atoms with Gasteiger partial charge in [-0.2, -0.15) is 0 Å². The maximum absolute atomic E-state index is 5.86. The molecule has 1 aromatic carbocycles. The summed E-state index contributed by atoms with van der Waals surface area (Å²) in [5.74, 6) is 0.597. The molecule has 0 aliphatic carbocycles. The highest BCUT2D eigenvalue weighted by Gasteiger charge is 2.08. The van der Waals surface area contributed by atoms with Crippen molar-refractivity contribution in [1.82, 2.24) is 0 Å². The molecule has 17 heavy (non-hydrogen) atoms. The van der Waals surface area contributed by atoms with Crippen LogP contribution in [-0.4, -0.2) is 6.54 Å². The van der Waals surface area contributed by atoms with Crippen molar-refractivity contribution in [1.29, 1.82) is 0 Å². The van der Waals surface area contributed by atoms with Gasteiger partial charge < -0.3 is 5.73 Å². The zero-order valence-electron chi connectivity index (χ0n) is 10.0. The first-order chi connectivity index (χ1) is 8.38. The SMILES string of the molecule is NCC(CCc1cccs1)Cc1ccccc1. The molecule has 1 nitrogen and oxygen atoms in total. The third-order valence-corrected chi connectivity index (χ3v) is 4.02. The molecule has 1 atom stereocenters. The molecule has 1 aromatic heterocycles. The van der Waals surface area contributed by atoms with E-state index in [9.17, 15) is 0 Å². The van der Waals surface area contributed by atoms with Crippen LogP contribution < -0.4 is 5.73 Å². The number of thiophene rings is 1. The minimum Gasteiger partial charge on any atom is -0.330 e. The first-order valence-electron chi connectivity index (χ1n) is 6.15. The minimum absolute atomic E-state index is 0.597. The summed E-state index contributed by atoms with van der Waals surface area (Å²) in [6.45, 7) is 0.778. The first kappa shape index (κ1) is 12.3. The molecule has 2 N–H and O–H groups in total. The summed E-state index contributed by atoms with van der Waals surface area (Å²) in [5, 5.41) is 2.14. The maximum atomic E-state index is 5.86. The van der Waals surface area contributed by atoms with Crippen LogP contribution in [0.4, 0.5) is 0 Å². The monoisotopic (exact) mass is 245 g/mol. The molecule has 0 aliphatic rings. The van der Waals surface area contributed by atoms with E-state index in [0.29, 0.717) is 5.92 Å². The Morgan fingerprint density at radius 2 is 1.88 bits per heavy atom. The van der Waals surface area contributed by atoms with Crippen molar-refractivity contribution in [3.63, 3.8) is 0 Å². The summed E-state index contributed by atoms with van der Waals surface area (Å²) in [6, 6.07) is 15.0. The summed E-state index contributed by atoms with van der Waals surface area (Å²) < 4.78 is 0. The Bertz CT molecular complexity index is 408. The highest BCUT2D eigenvalue weighted by molar-refractivity contribution is 7.09. The number of aryl methyl sites for hydroxylation is 1. The van der Waals surface area contributed by atoms with Crippen molar-refractivity contribution >= 4 is 11.3 Å². The van der Waals surface area contributed by atoms with Crippen LogP contribution in [0.3, 0.4) is 0 Å².